The van der Waals surface area contributed by atoms with Crippen molar-refractivity contribution in [1.82, 2.24) is 0 Å². The van der Waals surface area contributed by atoms with Gasteiger partial charge in [0.05, 0.1) is 24.2 Å². The Kier molecular flexibility index (Phi) is 6.61. The molecular weight excluding hydrogens is 458 g/mol. The van der Waals surface area contributed by atoms with Crippen LogP contribution in [-0.4, -0.2) is 51.0 Å². The molecule has 10 heteroatoms. The van der Waals surface area contributed by atoms with Gasteiger partial charge in [0.15, 0.2) is 0 Å². The SMILES string of the molecule is C[Si]1(C)CCN(c2cc([N+](=O)[O-])ccc2C(=O)Nc2cccc(N3CCC(F)(F)CC3)c2)CC1. The maximum absolute atomic E-state index is 13.5. The monoisotopic (exact) mass is 488 g/mol. The van der Waals surface area contributed by atoms with Crippen LogP contribution >= 0.6 is 0 Å². The number of carbonyl (C=O) groups is 1. The summed E-state index contributed by atoms with van der Waals surface area (Å²) in [6.07, 6.45) is -0.378. The molecule has 2 aliphatic rings. The largest absolute Gasteiger partial charge is 0.371 e. The lowest BCUT2D eigenvalue weighted by atomic mass is 10.1. The predicted octanol–water partition coefficient (Wildman–Crippen LogP) is 5.61. The van der Waals surface area contributed by atoms with Gasteiger partial charge in [0.1, 0.15) is 0 Å². The predicted molar refractivity (Wildman–Crippen MR) is 133 cm³/mol. The van der Waals surface area contributed by atoms with E-state index in [4.69, 9.17) is 0 Å². The van der Waals surface area contributed by atoms with E-state index in [0.29, 0.717) is 16.9 Å². The lowest BCUT2D eigenvalue weighted by Crippen LogP contribution is -2.43. The molecule has 1 amide bonds. The smallest absolute Gasteiger partial charge is 0.271 e. The number of nitrogens with one attached hydrogen (secondary N) is 1. The summed E-state index contributed by atoms with van der Waals surface area (Å²) in [5.41, 5.74) is 2.25. The van der Waals surface area contributed by atoms with Crippen molar-refractivity contribution in [2.24, 2.45) is 0 Å². The number of piperidine rings is 1. The molecule has 1 N–H and O–H groups in total. The highest BCUT2D eigenvalue weighted by molar-refractivity contribution is 6.77. The fourth-order valence-electron chi connectivity index (χ4n) is 4.51. The lowest BCUT2D eigenvalue weighted by Gasteiger charge is -2.37. The Morgan fingerprint density at radius 3 is 2.35 bits per heavy atom. The van der Waals surface area contributed by atoms with Crippen molar-refractivity contribution in [3.05, 3.63) is 58.1 Å². The Hall–Kier alpha value is -3.01. The summed E-state index contributed by atoms with van der Waals surface area (Å²) in [5.74, 6) is -2.98. The van der Waals surface area contributed by atoms with Gasteiger partial charge in [-0.15, -0.1) is 0 Å². The molecule has 0 unspecified atom stereocenters. The van der Waals surface area contributed by atoms with E-state index in [1.165, 1.54) is 18.2 Å². The Bertz CT molecular complexity index is 1080. The van der Waals surface area contributed by atoms with E-state index in [1.54, 1.807) is 18.2 Å². The van der Waals surface area contributed by atoms with Crippen molar-refractivity contribution in [3.63, 3.8) is 0 Å². The number of alkyl halides is 2. The zero-order chi connectivity index (χ0) is 24.5. The average Bonchev–Trinajstić information content (AvgIpc) is 2.79. The van der Waals surface area contributed by atoms with Gasteiger partial charge in [0.2, 0.25) is 0 Å². The number of hydrogen-bond donors (Lipinski definition) is 1. The van der Waals surface area contributed by atoms with Gasteiger partial charge in [-0.1, -0.05) is 19.2 Å². The van der Waals surface area contributed by atoms with Gasteiger partial charge in [0, 0.05) is 62.5 Å². The molecule has 2 heterocycles. The number of carbonyl (C=O) groups excluding carboxylic acids is 1. The first-order valence-electron chi connectivity index (χ1n) is 11.6. The molecule has 2 aromatic rings. The highest BCUT2D eigenvalue weighted by atomic mass is 28.3. The van der Waals surface area contributed by atoms with Crippen LogP contribution < -0.4 is 15.1 Å². The van der Waals surface area contributed by atoms with Crippen molar-refractivity contribution >= 4 is 36.7 Å². The lowest BCUT2D eigenvalue weighted by molar-refractivity contribution is -0.384. The topological polar surface area (TPSA) is 78.7 Å². The second-order valence-electron chi connectivity index (χ2n) is 9.96. The molecule has 7 nitrogen and oxygen atoms in total. The molecule has 2 fully saturated rings. The van der Waals surface area contributed by atoms with Gasteiger partial charge in [-0.05, 0) is 36.4 Å². The van der Waals surface area contributed by atoms with Crippen molar-refractivity contribution in [2.75, 3.05) is 41.3 Å². The van der Waals surface area contributed by atoms with Gasteiger partial charge in [-0.2, -0.15) is 0 Å². The number of rotatable bonds is 5. The molecule has 4 rings (SSSR count). The summed E-state index contributed by atoms with van der Waals surface area (Å²) in [4.78, 5) is 28.1. The number of nitro groups is 1. The highest BCUT2D eigenvalue weighted by Gasteiger charge is 2.34. The number of benzene rings is 2. The Balaban J connectivity index is 1.55. The first-order chi connectivity index (χ1) is 16.0. The molecule has 0 aliphatic carbocycles. The minimum absolute atomic E-state index is 0.0440. The summed E-state index contributed by atoms with van der Waals surface area (Å²) in [6, 6.07) is 13.6. The summed E-state index contributed by atoms with van der Waals surface area (Å²) >= 11 is 0. The molecule has 0 saturated carbocycles. The number of hydrogen-bond acceptors (Lipinski definition) is 5. The van der Waals surface area contributed by atoms with Crippen LogP contribution in [0.25, 0.3) is 0 Å². The van der Waals surface area contributed by atoms with Crippen LogP contribution in [0.1, 0.15) is 23.2 Å². The summed E-state index contributed by atoms with van der Waals surface area (Å²) < 4.78 is 27.0. The zero-order valence-corrected chi connectivity index (χ0v) is 20.5. The molecule has 0 spiro atoms. The Morgan fingerprint density at radius 2 is 1.71 bits per heavy atom. The van der Waals surface area contributed by atoms with Crippen molar-refractivity contribution < 1.29 is 18.5 Å². The summed E-state index contributed by atoms with van der Waals surface area (Å²) in [5, 5.41) is 14.3. The van der Waals surface area contributed by atoms with E-state index in [9.17, 15) is 23.7 Å². The highest BCUT2D eigenvalue weighted by Crippen LogP contribution is 2.33. The van der Waals surface area contributed by atoms with Gasteiger partial charge in [-0.25, -0.2) is 8.78 Å². The van der Waals surface area contributed by atoms with E-state index in [-0.39, 0.29) is 37.5 Å². The van der Waals surface area contributed by atoms with Crippen LogP contribution in [0.15, 0.2) is 42.5 Å². The third kappa shape index (κ3) is 5.55. The molecule has 2 aromatic carbocycles. The zero-order valence-electron chi connectivity index (χ0n) is 19.5. The van der Waals surface area contributed by atoms with Crippen LogP contribution in [0.4, 0.5) is 31.5 Å². The molecule has 0 bridgehead atoms. The average molecular weight is 489 g/mol. The van der Waals surface area contributed by atoms with E-state index < -0.39 is 18.9 Å². The Morgan fingerprint density at radius 1 is 1.03 bits per heavy atom. The van der Waals surface area contributed by atoms with E-state index in [0.717, 1.165) is 30.9 Å². The fourth-order valence-corrected chi connectivity index (χ4v) is 6.51. The molecule has 0 radical (unpaired) electrons. The third-order valence-corrected chi connectivity index (χ3v) is 10.0. The molecule has 2 aliphatic heterocycles. The number of nitro benzene ring substituents is 1. The van der Waals surface area contributed by atoms with Crippen LogP contribution in [0.5, 0.6) is 0 Å². The minimum Gasteiger partial charge on any atom is -0.371 e. The second kappa shape index (κ2) is 9.32. The van der Waals surface area contributed by atoms with Crippen LogP contribution in [0.3, 0.4) is 0 Å². The summed E-state index contributed by atoms with van der Waals surface area (Å²) in [7, 11) is -1.27. The van der Waals surface area contributed by atoms with Crippen LogP contribution in [0.2, 0.25) is 25.2 Å². The number of non-ortho nitro benzene ring substituents is 1. The second-order valence-corrected chi connectivity index (χ2v) is 15.3. The van der Waals surface area contributed by atoms with Crippen molar-refractivity contribution in [3.8, 4) is 0 Å². The molecule has 34 heavy (non-hydrogen) atoms. The third-order valence-electron chi connectivity index (χ3n) is 6.86. The van der Waals surface area contributed by atoms with E-state index in [2.05, 4.69) is 23.3 Å². The molecule has 182 valence electrons. The minimum atomic E-state index is -2.62. The number of halogens is 2. The summed E-state index contributed by atoms with van der Waals surface area (Å²) in [6.45, 7) is 6.73. The van der Waals surface area contributed by atoms with Gasteiger partial charge in [-0.3, -0.25) is 14.9 Å². The van der Waals surface area contributed by atoms with Crippen LogP contribution in [0, 0.1) is 10.1 Å². The standard InChI is InChI=1S/C24H30F2N4O3Si/c1-34(2)14-12-29(13-15-34)22-17-20(30(32)33)6-7-21(22)23(31)27-18-4-3-5-19(16-18)28-10-8-24(25,26)9-11-28/h3-7,16-17H,8-15H2,1-2H3,(H,27,31). The molecule has 2 saturated heterocycles. The first kappa shape index (κ1) is 24.1. The normalized spacial score (nSPS) is 19.5. The van der Waals surface area contributed by atoms with Gasteiger partial charge in [0.25, 0.3) is 17.5 Å². The van der Waals surface area contributed by atoms with E-state index >= 15 is 0 Å². The van der Waals surface area contributed by atoms with Gasteiger partial charge >= 0.3 is 0 Å². The maximum Gasteiger partial charge on any atom is 0.271 e. The van der Waals surface area contributed by atoms with Gasteiger partial charge < -0.3 is 15.1 Å². The number of nitrogens with zero attached hydrogens (tertiary/aromatic N) is 3. The molecule has 0 atom stereocenters. The van der Waals surface area contributed by atoms with Crippen molar-refractivity contribution in [2.45, 2.75) is 43.9 Å². The van der Waals surface area contributed by atoms with Crippen LogP contribution in [-0.2, 0) is 0 Å². The molecule has 0 aromatic heterocycles. The molecular formula is C24H30F2N4O3Si. The fraction of sp³-hybridized carbons (Fsp3) is 0.458. The van der Waals surface area contributed by atoms with E-state index in [1.807, 2.05) is 11.0 Å². The quantitative estimate of drug-likeness (QED) is 0.336. The van der Waals surface area contributed by atoms with Crippen molar-refractivity contribution in [1.29, 1.82) is 0 Å². The number of anilines is 3. The Labute approximate surface area is 198 Å². The maximum atomic E-state index is 13.5. The first-order valence-corrected chi connectivity index (χ1v) is 15.0. The number of amides is 1.